The third-order valence-electron chi connectivity index (χ3n) is 5.18. The first kappa shape index (κ1) is 26.1. The average molecular weight is 538 g/mol. The maximum atomic E-state index is 11.8. The van der Waals surface area contributed by atoms with E-state index in [1.54, 1.807) is 24.3 Å². The van der Waals surface area contributed by atoms with Crippen LogP contribution in [0.3, 0.4) is 0 Å². The van der Waals surface area contributed by atoms with E-state index in [0.29, 0.717) is 12.6 Å². The van der Waals surface area contributed by atoms with Crippen LogP contribution in [0, 0.1) is 0 Å². The van der Waals surface area contributed by atoms with Crippen LogP contribution in [0.4, 0.5) is 0 Å². The molecule has 0 spiro atoms. The van der Waals surface area contributed by atoms with E-state index in [9.17, 15) is 8.42 Å². The van der Waals surface area contributed by atoms with Crippen molar-refractivity contribution in [1.29, 1.82) is 0 Å². The Bertz CT molecular complexity index is 725. The van der Waals surface area contributed by atoms with Crippen LogP contribution >= 0.6 is 24.0 Å². The van der Waals surface area contributed by atoms with Gasteiger partial charge in [0, 0.05) is 25.7 Å². The maximum absolute atomic E-state index is 11.8. The Morgan fingerprint density at radius 1 is 1.17 bits per heavy atom. The third kappa shape index (κ3) is 8.39. The molecule has 1 unspecified atom stereocenters. The van der Waals surface area contributed by atoms with Crippen LogP contribution in [0.5, 0.6) is 0 Å². The van der Waals surface area contributed by atoms with E-state index in [1.807, 2.05) is 6.92 Å². The molecule has 29 heavy (non-hydrogen) atoms. The summed E-state index contributed by atoms with van der Waals surface area (Å²) in [6.45, 7) is 8.70. The molecule has 0 aliphatic carbocycles. The molecule has 1 heterocycles. The molecular formula is C20H36IN5O2S. The Balaban J connectivity index is 0.00000420. The molecule has 1 aromatic carbocycles. The number of piperidine rings is 1. The monoisotopic (exact) mass is 537 g/mol. The van der Waals surface area contributed by atoms with Crippen LogP contribution in [0.25, 0.3) is 0 Å². The largest absolute Gasteiger partial charge is 0.357 e. The number of benzene rings is 1. The van der Waals surface area contributed by atoms with Gasteiger partial charge in [0.25, 0.3) is 0 Å². The molecular weight excluding hydrogens is 501 g/mol. The second-order valence-corrected chi connectivity index (χ2v) is 8.95. The third-order valence-corrected chi connectivity index (χ3v) is 6.61. The molecule has 0 amide bonds. The molecule has 166 valence electrons. The second-order valence-electron chi connectivity index (χ2n) is 7.07. The van der Waals surface area contributed by atoms with Gasteiger partial charge in [-0.3, -0.25) is 4.90 Å². The van der Waals surface area contributed by atoms with E-state index in [0.717, 1.165) is 31.2 Å². The van der Waals surface area contributed by atoms with E-state index in [4.69, 9.17) is 0 Å². The molecule has 3 N–H and O–H groups in total. The predicted molar refractivity (Wildman–Crippen MR) is 130 cm³/mol. The van der Waals surface area contributed by atoms with Gasteiger partial charge in [-0.05, 0) is 57.5 Å². The van der Waals surface area contributed by atoms with E-state index >= 15 is 0 Å². The number of hydrogen-bond donors (Lipinski definition) is 3. The fourth-order valence-electron chi connectivity index (χ4n) is 3.54. The lowest BCUT2D eigenvalue weighted by atomic mass is 10.0. The van der Waals surface area contributed by atoms with Crippen LogP contribution in [0.15, 0.2) is 34.2 Å². The minimum absolute atomic E-state index is 0. The lowest BCUT2D eigenvalue weighted by Gasteiger charge is -2.35. The van der Waals surface area contributed by atoms with Crippen LogP contribution in [0.2, 0.25) is 0 Å². The molecule has 1 aromatic rings. The van der Waals surface area contributed by atoms with Gasteiger partial charge in [0.15, 0.2) is 5.96 Å². The lowest BCUT2D eigenvalue weighted by Crippen LogP contribution is -2.45. The van der Waals surface area contributed by atoms with Gasteiger partial charge in [0.1, 0.15) is 0 Å². The first-order valence-electron chi connectivity index (χ1n) is 10.3. The average Bonchev–Trinajstić information content (AvgIpc) is 2.72. The molecule has 1 atom stereocenters. The minimum Gasteiger partial charge on any atom is -0.357 e. The number of rotatable bonds is 9. The summed E-state index contributed by atoms with van der Waals surface area (Å²) in [5.74, 6) is 0.791. The summed E-state index contributed by atoms with van der Waals surface area (Å²) < 4.78 is 25.9. The molecule has 0 saturated carbocycles. The van der Waals surface area contributed by atoms with Crippen LogP contribution in [0.1, 0.15) is 45.1 Å². The molecule has 1 aliphatic heterocycles. The second kappa shape index (κ2) is 13.4. The predicted octanol–water partition coefficient (Wildman–Crippen LogP) is 2.53. The molecule has 0 radical (unpaired) electrons. The molecule has 1 saturated heterocycles. The zero-order valence-electron chi connectivity index (χ0n) is 17.8. The molecule has 1 aliphatic rings. The highest BCUT2D eigenvalue weighted by atomic mass is 127. The van der Waals surface area contributed by atoms with Crippen LogP contribution in [-0.4, -0.2) is 58.5 Å². The van der Waals surface area contributed by atoms with Gasteiger partial charge in [-0.25, -0.2) is 18.1 Å². The van der Waals surface area contributed by atoms with Gasteiger partial charge in [-0.1, -0.05) is 25.5 Å². The SMILES string of the molecule is CCNC(=NCc1ccc(S(=O)(=O)NC)cc1)NCCN1CCCCC1CC.I. The number of aliphatic imine (C=N–C) groups is 1. The summed E-state index contributed by atoms with van der Waals surface area (Å²) in [6.07, 6.45) is 5.17. The zero-order chi connectivity index (χ0) is 20.4. The van der Waals surface area contributed by atoms with E-state index in [1.165, 1.54) is 39.3 Å². The highest BCUT2D eigenvalue weighted by Gasteiger charge is 2.19. The van der Waals surface area contributed by atoms with Gasteiger partial charge >= 0.3 is 0 Å². The number of sulfonamides is 1. The Kier molecular flexibility index (Phi) is 12.1. The standard InChI is InChI=1S/C20H35N5O2S.HI/c1-4-18-8-6-7-14-25(18)15-13-23-20(22-5-2)24-16-17-9-11-19(12-10-17)28(26,27)21-3;/h9-12,18,21H,4-8,13-16H2,1-3H3,(H2,22,23,24);1H. The minimum atomic E-state index is -3.40. The fraction of sp³-hybridized carbons (Fsp3) is 0.650. The first-order chi connectivity index (χ1) is 13.5. The summed E-state index contributed by atoms with van der Waals surface area (Å²) in [5, 5.41) is 6.69. The Morgan fingerprint density at radius 2 is 1.90 bits per heavy atom. The number of hydrogen-bond acceptors (Lipinski definition) is 4. The van der Waals surface area contributed by atoms with Gasteiger partial charge in [0.05, 0.1) is 11.4 Å². The zero-order valence-corrected chi connectivity index (χ0v) is 20.9. The topological polar surface area (TPSA) is 85.8 Å². The van der Waals surface area contributed by atoms with Crippen LogP contribution in [-0.2, 0) is 16.6 Å². The van der Waals surface area contributed by atoms with Gasteiger partial charge in [-0.2, -0.15) is 0 Å². The van der Waals surface area contributed by atoms with E-state index in [2.05, 4.69) is 32.2 Å². The summed E-state index contributed by atoms with van der Waals surface area (Å²) in [4.78, 5) is 7.48. The molecule has 1 fully saturated rings. The number of likely N-dealkylation sites (tertiary alicyclic amines) is 1. The van der Waals surface area contributed by atoms with E-state index in [-0.39, 0.29) is 28.9 Å². The lowest BCUT2D eigenvalue weighted by molar-refractivity contribution is 0.147. The molecule has 0 aromatic heterocycles. The highest BCUT2D eigenvalue weighted by Crippen LogP contribution is 2.18. The van der Waals surface area contributed by atoms with Gasteiger partial charge in [-0.15, -0.1) is 24.0 Å². The Labute approximate surface area is 193 Å². The van der Waals surface area contributed by atoms with Crippen molar-refractivity contribution in [2.24, 2.45) is 4.99 Å². The summed E-state index contributed by atoms with van der Waals surface area (Å²) >= 11 is 0. The number of halogens is 1. The summed E-state index contributed by atoms with van der Waals surface area (Å²) in [6, 6.07) is 7.53. The number of guanidine groups is 1. The van der Waals surface area contributed by atoms with Crippen molar-refractivity contribution in [1.82, 2.24) is 20.3 Å². The first-order valence-corrected chi connectivity index (χ1v) is 11.8. The normalized spacial score (nSPS) is 18.2. The maximum Gasteiger partial charge on any atom is 0.240 e. The highest BCUT2D eigenvalue weighted by molar-refractivity contribution is 14.0. The van der Waals surface area contributed by atoms with Crippen molar-refractivity contribution in [3.8, 4) is 0 Å². The van der Waals surface area contributed by atoms with Gasteiger partial charge < -0.3 is 10.6 Å². The Morgan fingerprint density at radius 3 is 2.52 bits per heavy atom. The Hall–Kier alpha value is -0.910. The summed E-state index contributed by atoms with van der Waals surface area (Å²) in [5.41, 5.74) is 0.967. The molecule has 7 nitrogen and oxygen atoms in total. The van der Waals surface area contributed by atoms with Crippen molar-refractivity contribution in [3.05, 3.63) is 29.8 Å². The van der Waals surface area contributed by atoms with Crippen LogP contribution < -0.4 is 15.4 Å². The number of nitrogens with zero attached hydrogens (tertiary/aromatic N) is 2. The summed E-state index contributed by atoms with van der Waals surface area (Å²) in [7, 11) is -1.99. The van der Waals surface area contributed by atoms with Crippen molar-refractivity contribution in [2.75, 3.05) is 33.2 Å². The molecule has 9 heteroatoms. The van der Waals surface area contributed by atoms with Crippen molar-refractivity contribution >= 4 is 40.0 Å². The van der Waals surface area contributed by atoms with Gasteiger partial charge in [0.2, 0.25) is 10.0 Å². The van der Waals surface area contributed by atoms with Crippen molar-refractivity contribution < 1.29 is 8.42 Å². The molecule has 0 bridgehead atoms. The van der Waals surface area contributed by atoms with Crippen molar-refractivity contribution in [3.63, 3.8) is 0 Å². The smallest absolute Gasteiger partial charge is 0.240 e. The fourth-order valence-corrected chi connectivity index (χ4v) is 4.27. The molecule has 2 rings (SSSR count). The quantitative estimate of drug-likeness (QED) is 0.256. The number of nitrogens with one attached hydrogen (secondary N) is 3. The van der Waals surface area contributed by atoms with Crippen molar-refractivity contribution in [2.45, 2.75) is 57.0 Å². The van der Waals surface area contributed by atoms with E-state index < -0.39 is 10.0 Å².